The van der Waals surface area contributed by atoms with Crippen molar-refractivity contribution >= 4 is 5.94 Å². The van der Waals surface area contributed by atoms with Crippen molar-refractivity contribution in [1.82, 2.24) is 0 Å². The van der Waals surface area contributed by atoms with Crippen LogP contribution in [0.3, 0.4) is 0 Å². The first-order valence-corrected chi connectivity index (χ1v) is 8.37. The third-order valence-electron chi connectivity index (χ3n) is 4.53. The van der Waals surface area contributed by atoms with Crippen molar-refractivity contribution in [2.75, 3.05) is 0 Å². The van der Waals surface area contributed by atoms with Gasteiger partial charge in [0.05, 0.1) is 0 Å². The summed E-state index contributed by atoms with van der Waals surface area (Å²) in [4.78, 5) is 11.2. The molecule has 1 nitrogen and oxygen atoms in total. The van der Waals surface area contributed by atoms with E-state index in [1.54, 1.807) is 0 Å². The van der Waals surface area contributed by atoms with Gasteiger partial charge in [0.25, 0.3) is 0 Å². The van der Waals surface area contributed by atoms with Crippen LogP contribution in [0, 0.1) is 18.8 Å². The molecule has 0 bridgehead atoms. The van der Waals surface area contributed by atoms with Gasteiger partial charge in [-0.05, 0) is 50.0 Å². The van der Waals surface area contributed by atoms with Gasteiger partial charge in [0.1, 0.15) is 5.94 Å². The predicted molar refractivity (Wildman–Crippen MR) is 91.2 cm³/mol. The Balaban J connectivity index is 2.51. The maximum atomic E-state index is 11.2. The van der Waals surface area contributed by atoms with Crippen LogP contribution in [0.25, 0.3) is 0 Å². The highest BCUT2D eigenvalue weighted by atomic mass is 16.1. The molecule has 1 aromatic carbocycles. The molecular formula is C20H30O. The molecule has 0 radical (unpaired) electrons. The molecule has 21 heavy (non-hydrogen) atoms. The summed E-state index contributed by atoms with van der Waals surface area (Å²) in [7, 11) is 0. The molecule has 0 fully saturated rings. The number of carbonyl (C=O) groups excluding carboxylic acids is 1. The van der Waals surface area contributed by atoms with E-state index in [2.05, 4.69) is 57.9 Å². The van der Waals surface area contributed by atoms with Crippen LogP contribution in [0.15, 0.2) is 29.8 Å². The van der Waals surface area contributed by atoms with Gasteiger partial charge in [-0.1, -0.05) is 63.4 Å². The molecule has 1 rings (SSSR count). The van der Waals surface area contributed by atoms with Gasteiger partial charge in [0.2, 0.25) is 0 Å². The SMILES string of the molecule is CCC(C)CC(CC)CC(=C=O)CCc1ccc(C)cc1. The van der Waals surface area contributed by atoms with E-state index in [0.29, 0.717) is 5.92 Å². The second-order valence-corrected chi connectivity index (χ2v) is 6.42. The quantitative estimate of drug-likeness (QED) is 0.545. The molecule has 2 atom stereocenters. The first kappa shape index (κ1) is 17.7. The van der Waals surface area contributed by atoms with Gasteiger partial charge in [-0.3, -0.25) is 0 Å². The fourth-order valence-corrected chi connectivity index (χ4v) is 2.72. The Morgan fingerprint density at radius 1 is 1.14 bits per heavy atom. The minimum absolute atomic E-state index is 0.634. The van der Waals surface area contributed by atoms with E-state index in [9.17, 15) is 4.79 Å². The molecule has 0 saturated carbocycles. The topological polar surface area (TPSA) is 17.1 Å². The van der Waals surface area contributed by atoms with Gasteiger partial charge in [0.15, 0.2) is 0 Å². The van der Waals surface area contributed by atoms with E-state index < -0.39 is 0 Å². The summed E-state index contributed by atoms with van der Waals surface area (Å²) >= 11 is 0. The second kappa shape index (κ2) is 9.58. The summed E-state index contributed by atoms with van der Waals surface area (Å²) < 4.78 is 0. The lowest BCUT2D eigenvalue weighted by Gasteiger charge is -2.19. The highest BCUT2D eigenvalue weighted by molar-refractivity contribution is 5.52. The van der Waals surface area contributed by atoms with E-state index in [-0.39, 0.29) is 0 Å². The van der Waals surface area contributed by atoms with Crippen LogP contribution in [0.5, 0.6) is 0 Å². The number of aryl methyl sites for hydroxylation is 2. The smallest absolute Gasteiger partial charge is 0.123 e. The Kier molecular flexibility index (Phi) is 8.08. The number of hydrogen-bond acceptors (Lipinski definition) is 1. The lowest BCUT2D eigenvalue weighted by atomic mass is 9.86. The van der Waals surface area contributed by atoms with E-state index in [0.717, 1.165) is 37.2 Å². The Morgan fingerprint density at radius 2 is 1.81 bits per heavy atom. The first-order valence-electron chi connectivity index (χ1n) is 8.37. The van der Waals surface area contributed by atoms with Gasteiger partial charge in [-0.15, -0.1) is 0 Å². The van der Waals surface area contributed by atoms with E-state index in [4.69, 9.17) is 0 Å². The lowest BCUT2D eigenvalue weighted by molar-refractivity contribution is 0.368. The summed E-state index contributed by atoms with van der Waals surface area (Å²) in [5.74, 6) is 3.59. The van der Waals surface area contributed by atoms with Crippen molar-refractivity contribution in [2.45, 2.75) is 66.2 Å². The molecule has 0 aliphatic carbocycles. The summed E-state index contributed by atoms with van der Waals surface area (Å²) in [6, 6.07) is 8.59. The second-order valence-electron chi connectivity index (χ2n) is 6.42. The van der Waals surface area contributed by atoms with Gasteiger partial charge >= 0.3 is 0 Å². The molecule has 0 aliphatic rings. The van der Waals surface area contributed by atoms with Crippen molar-refractivity contribution in [3.8, 4) is 0 Å². The standard InChI is InChI=1S/C20H30O/c1-5-16(3)13-18(6-2)14-20(15-21)12-11-19-9-7-17(4)8-10-19/h7-10,16,18H,5-6,11-14H2,1-4H3. The van der Waals surface area contributed by atoms with Crippen LogP contribution in [0.4, 0.5) is 0 Å². The lowest BCUT2D eigenvalue weighted by Crippen LogP contribution is -2.07. The number of hydrogen-bond donors (Lipinski definition) is 0. The molecule has 2 unspecified atom stereocenters. The highest BCUT2D eigenvalue weighted by Gasteiger charge is 2.13. The molecule has 116 valence electrons. The molecule has 0 aliphatic heterocycles. The van der Waals surface area contributed by atoms with Crippen molar-refractivity contribution in [1.29, 1.82) is 0 Å². The summed E-state index contributed by atoms with van der Waals surface area (Å²) in [5, 5.41) is 0. The van der Waals surface area contributed by atoms with E-state index in [1.165, 1.54) is 24.0 Å². The van der Waals surface area contributed by atoms with Crippen LogP contribution in [-0.4, -0.2) is 5.94 Å². The Bertz CT molecular complexity index is 451. The first-order chi connectivity index (χ1) is 10.1. The van der Waals surface area contributed by atoms with E-state index in [1.807, 2.05) is 0 Å². The zero-order valence-electron chi connectivity index (χ0n) is 14.1. The minimum Gasteiger partial charge on any atom is -0.234 e. The van der Waals surface area contributed by atoms with Crippen LogP contribution >= 0.6 is 0 Å². The maximum absolute atomic E-state index is 11.2. The largest absolute Gasteiger partial charge is 0.234 e. The van der Waals surface area contributed by atoms with Gasteiger partial charge in [-0.25, -0.2) is 4.79 Å². The molecule has 1 aromatic rings. The number of benzene rings is 1. The Morgan fingerprint density at radius 3 is 2.33 bits per heavy atom. The predicted octanol–water partition coefficient (Wildman–Crippen LogP) is 5.54. The van der Waals surface area contributed by atoms with Crippen molar-refractivity contribution in [2.24, 2.45) is 11.8 Å². The maximum Gasteiger partial charge on any atom is 0.123 e. The van der Waals surface area contributed by atoms with Crippen LogP contribution in [0.1, 0.15) is 64.0 Å². The zero-order chi connectivity index (χ0) is 15.7. The Hall–Kier alpha value is -1.33. The fraction of sp³-hybridized carbons (Fsp3) is 0.600. The molecular weight excluding hydrogens is 256 g/mol. The molecule has 0 saturated heterocycles. The van der Waals surface area contributed by atoms with Crippen molar-refractivity contribution in [3.63, 3.8) is 0 Å². The number of allylic oxidation sites excluding steroid dienone is 1. The summed E-state index contributed by atoms with van der Waals surface area (Å²) in [6.07, 6.45) is 6.33. The van der Waals surface area contributed by atoms with Crippen LogP contribution in [0.2, 0.25) is 0 Å². The van der Waals surface area contributed by atoms with Crippen LogP contribution in [-0.2, 0) is 11.2 Å². The highest BCUT2D eigenvalue weighted by Crippen LogP contribution is 2.25. The molecule has 0 amide bonds. The summed E-state index contributed by atoms with van der Waals surface area (Å²) in [6.45, 7) is 8.88. The number of rotatable bonds is 9. The van der Waals surface area contributed by atoms with E-state index >= 15 is 0 Å². The average molecular weight is 286 g/mol. The molecule has 0 heterocycles. The van der Waals surface area contributed by atoms with Crippen molar-refractivity contribution < 1.29 is 4.79 Å². The van der Waals surface area contributed by atoms with Crippen molar-refractivity contribution in [3.05, 3.63) is 41.0 Å². The molecule has 0 spiro atoms. The average Bonchev–Trinajstić information content (AvgIpc) is 2.51. The minimum atomic E-state index is 0.634. The molecule has 1 heteroatoms. The zero-order valence-corrected chi connectivity index (χ0v) is 14.1. The monoisotopic (exact) mass is 286 g/mol. The molecule has 0 aromatic heterocycles. The fourth-order valence-electron chi connectivity index (χ4n) is 2.72. The van der Waals surface area contributed by atoms with Gasteiger partial charge in [0, 0.05) is 5.57 Å². The third kappa shape index (κ3) is 6.78. The third-order valence-corrected chi connectivity index (χ3v) is 4.53. The van der Waals surface area contributed by atoms with Gasteiger partial charge < -0.3 is 0 Å². The Labute approximate surface area is 130 Å². The molecule has 0 N–H and O–H groups in total. The van der Waals surface area contributed by atoms with Gasteiger partial charge in [-0.2, -0.15) is 0 Å². The normalized spacial score (nSPS) is 13.5. The van der Waals surface area contributed by atoms with Crippen LogP contribution < -0.4 is 0 Å². The summed E-state index contributed by atoms with van der Waals surface area (Å²) in [5.41, 5.74) is 3.55.